The van der Waals surface area contributed by atoms with Crippen LogP contribution in [0.2, 0.25) is 0 Å². The predicted octanol–water partition coefficient (Wildman–Crippen LogP) is 4.78. The lowest BCUT2D eigenvalue weighted by Gasteiger charge is -2.10. The molecular formula is C20H16F3N3O3S. The highest BCUT2D eigenvalue weighted by atomic mass is 32.2. The normalized spacial score (nSPS) is 11.1. The second kappa shape index (κ2) is 9.49. The molecular weight excluding hydrogens is 419 g/mol. The smallest absolute Gasteiger partial charge is 0.497 e. The first kappa shape index (κ1) is 21.4. The molecule has 0 saturated carbocycles. The number of amides is 1. The zero-order chi connectivity index (χ0) is 21.6. The Morgan fingerprint density at radius 3 is 2.33 bits per heavy atom. The number of benzene rings is 2. The van der Waals surface area contributed by atoms with Crippen LogP contribution in [-0.2, 0) is 4.79 Å². The number of hydrogen-bond acceptors (Lipinski definition) is 6. The van der Waals surface area contributed by atoms with Gasteiger partial charge in [-0.2, -0.15) is 0 Å². The molecule has 0 aliphatic carbocycles. The summed E-state index contributed by atoms with van der Waals surface area (Å²) in [6, 6.07) is 14.1. The van der Waals surface area contributed by atoms with E-state index < -0.39 is 6.36 Å². The van der Waals surface area contributed by atoms with Crippen molar-refractivity contribution < 1.29 is 27.4 Å². The molecule has 1 aromatic heterocycles. The molecule has 0 radical (unpaired) electrons. The maximum Gasteiger partial charge on any atom is 0.573 e. The van der Waals surface area contributed by atoms with Crippen molar-refractivity contribution in [2.75, 3.05) is 18.2 Å². The molecule has 3 aromatic rings. The standard InChI is InChI=1S/C20H16F3N3O3S/c1-28-15-6-2-13(3-7-15)17-10-19(25-12-24-17)30-11-18(27)26-14-4-8-16(9-5-14)29-20(21,22)23/h2-10,12H,11H2,1H3,(H,26,27). The van der Waals surface area contributed by atoms with E-state index in [0.717, 1.165) is 23.4 Å². The molecule has 1 N–H and O–H groups in total. The van der Waals surface area contributed by atoms with Crippen molar-refractivity contribution in [2.45, 2.75) is 11.4 Å². The van der Waals surface area contributed by atoms with Gasteiger partial charge in [0.2, 0.25) is 5.91 Å². The molecule has 6 nitrogen and oxygen atoms in total. The number of halogens is 3. The number of methoxy groups -OCH3 is 1. The maximum absolute atomic E-state index is 12.2. The summed E-state index contributed by atoms with van der Waals surface area (Å²) in [5.74, 6) is 0.118. The Balaban J connectivity index is 1.55. The molecule has 30 heavy (non-hydrogen) atoms. The fraction of sp³-hybridized carbons (Fsp3) is 0.150. The number of anilines is 1. The molecule has 0 fully saturated rings. The molecule has 3 rings (SSSR count). The first-order chi connectivity index (χ1) is 14.3. The molecule has 0 unspecified atom stereocenters. The summed E-state index contributed by atoms with van der Waals surface area (Å²) in [7, 11) is 1.59. The third-order valence-electron chi connectivity index (χ3n) is 3.75. The van der Waals surface area contributed by atoms with Crippen LogP contribution in [0.5, 0.6) is 11.5 Å². The van der Waals surface area contributed by atoms with E-state index >= 15 is 0 Å². The highest BCUT2D eigenvalue weighted by Crippen LogP contribution is 2.25. The van der Waals surface area contributed by atoms with Gasteiger partial charge >= 0.3 is 6.36 Å². The number of carbonyl (C=O) groups excluding carboxylic acids is 1. The van der Waals surface area contributed by atoms with E-state index in [4.69, 9.17) is 4.74 Å². The SMILES string of the molecule is COc1ccc(-c2cc(SCC(=O)Nc3ccc(OC(F)(F)F)cc3)ncn2)cc1. The zero-order valence-corrected chi connectivity index (χ0v) is 16.5. The lowest BCUT2D eigenvalue weighted by atomic mass is 10.1. The van der Waals surface area contributed by atoms with Crippen molar-refractivity contribution in [2.24, 2.45) is 0 Å². The van der Waals surface area contributed by atoms with Crippen LogP contribution in [0, 0.1) is 0 Å². The number of ether oxygens (including phenoxy) is 2. The summed E-state index contributed by atoms with van der Waals surface area (Å²) < 4.78 is 45.4. The number of nitrogens with one attached hydrogen (secondary N) is 1. The number of carbonyl (C=O) groups is 1. The number of hydrogen-bond donors (Lipinski definition) is 1. The molecule has 0 saturated heterocycles. The van der Waals surface area contributed by atoms with Gasteiger partial charge in [-0.15, -0.1) is 13.2 Å². The molecule has 0 spiro atoms. The van der Waals surface area contributed by atoms with Crippen LogP contribution in [0.4, 0.5) is 18.9 Å². The van der Waals surface area contributed by atoms with Crippen molar-refractivity contribution in [3.05, 3.63) is 60.9 Å². The fourth-order valence-corrected chi connectivity index (χ4v) is 3.08. The summed E-state index contributed by atoms with van der Waals surface area (Å²) in [5.41, 5.74) is 1.94. The fourth-order valence-electron chi connectivity index (χ4n) is 2.41. The first-order valence-corrected chi connectivity index (χ1v) is 9.56. The molecule has 2 aromatic carbocycles. The summed E-state index contributed by atoms with van der Waals surface area (Å²) in [6.07, 6.45) is -3.34. The minimum Gasteiger partial charge on any atom is -0.497 e. The Morgan fingerprint density at radius 1 is 1.03 bits per heavy atom. The maximum atomic E-state index is 12.2. The minimum absolute atomic E-state index is 0.0693. The van der Waals surface area contributed by atoms with Gasteiger partial charge in [-0.1, -0.05) is 11.8 Å². The van der Waals surface area contributed by atoms with Crippen molar-refractivity contribution in [1.82, 2.24) is 9.97 Å². The van der Waals surface area contributed by atoms with Gasteiger partial charge in [-0.25, -0.2) is 9.97 Å². The topological polar surface area (TPSA) is 73.3 Å². The third-order valence-corrected chi connectivity index (χ3v) is 4.68. The van der Waals surface area contributed by atoms with E-state index in [2.05, 4.69) is 20.0 Å². The lowest BCUT2D eigenvalue weighted by molar-refractivity contribution is -0.274. The van der Waals surface area contributed by atoms with Gasteiger partial charge in [0.25, 0.3) is 0 Å². The van der Waals surface area contributed by atoms with E-state index in [1.54, 1.807) is 13.2 Å². The summed E-state index contributed by atoms with van der Waals surface area (Å²) >= 11 is 1.21. The van der Waals surface area contributed by atoms with Crippen LogP contribution in [0.3, 0.4) is 0 Å². The molecule has 10 heteroatoms. The summed E-state index contributed by atoms with van der Waals surface area (Å²) in [5, 5.41) is 3.22. The van der Waals surface area contributed by atoms with Crippen LogP contribution >= 0.6 is 11.8 Å². The highest BCUT2D eigenvalue weighted by molar-refractivity contribution is 7.99. The van der Waals surface area contributed by atoms with Gasteiger partial charge in [0.05, 0.1) is 18.6 Å². The Bertz CT molecular complexity index is 997. The van der Waals surface area contributed by atoms with Crippen molar-refractivity contribution in [3.8, 4) is 22.8 Å². The van der Waals surface area contributed by atoms with E-state index in [1.165, 1.54) is 30.2 Å². The second-order valence-corrected chi connectivity index (χ2v) is 6.87. The molecule has 0 aliphatic rings. The van der Waals surface area contributed by atoms with E-state index in [1.807, 2.05) is 24.3 Å². The number of rotatable bonds is 7. The van der Waals surface area contributed by atoms with Crippen LogP contribution < -0.4 is 14.8 Å². The van der Waals surface area contributed by atoms with E-state index in [9.17, 15) is 18.0 Å². The Hall–Kier alpha value is -3.27. The molecule has 1 amide bonds. The van der Waals surface area contributed by atoms with Gasteiger partial charge in [0.15, 0.2) is 0 Å². The molecule has 0 atom stereocenters. The largest absolute Gasteiger partial charge is 0.573 e. The number of nitrogens with zero attached hydrogens (tertiary/aromatic N) is 2. The molecule has 0 bridgehead atoms. The molecule has 1 heterocycles. The van der Waals surface area contributed by atoms with Gasteiger partial charge in [0, 0.05) is 11.3 Å². The first-order valence-electron chi connectivity index (χ1n) is 8.57. The van der Waals surface area contributed by atoms with Gasteiger partial charge < -0.3 is 14.8 Å². The summed E-state index contributed by atoms with van der Waals surface area (Å²) in [6.45, 7) is 0. The second-order valence-electron chi connectivity index (χ2n) is 5.88. The van der Waals surface area contributed by atoms with Gasteiger partial charge in [-0.3, -0.25) is 4.79 Å². The Morgan fingerprint density at radius 2 is 1.70 bits per heavy atom. The van der Waals surface area contributed by atoms with Crippen molar-refractivity contribution >= 4 is 23.4 Å². The van der Waals surface area contributed by atoms with E-state index in [0.29, 0.717) is 16.4 Å². The quantitative estimate of drug-likeness (QED) is 0.425. The minimum atomic E-state index is -4.76. The number of thioether (sulfide) groups is 1. The van der Waals surface area contributed by atoms with Crippen molar-refractivity contribution in [1.29, 1.82) is 0 Å². The summed E-state index contributed by atoms with van der Waals surface area (Å²) in [4.78, 5) is 20.5. The number of alkyl halides is 3. The highest BCUT2D eigenvalue weighted by Gasteiger charge is 2.30. The monoisotopic (exact) mass is 435 g/mol. The lowest BCUT2D eigenvalue weighted by Crippen LogP contribution is -2.17. The zero-order valence-electron chi connectivity index (χ0n) is 15.6. The Kier molecular flexibility index (Phi) is 6.78. The van der Waals surface area contributed by atoms with Crippen molar-refractivity contribution in [3.63, 3.8) is 0 Å². The van der Waals surface area contributed by atoms with Crippen LogP contribution in [-0.4, -0.2) is 35.1 Å². The average molecular weight is 435 g/mol. The van der Waals surface area contributed by atoms with E-state index in [-0.39, 0.29) is 17.4 Å². The Labute approximate surface area is 174 Å². The molecule has 156 valence electrons. The van der Waals surface area contributed by atoms with Crippen LogP contribution in [0.25, 0.3) is 11.3 Å². The van der Waals surface area contributed by atoms with Gasteiger partial charge in [0.1, 0.15) is 22.9 Å². The third kappa shape index (κ3) is 6.38. The average Bonchev–Trinajstić information content (AvgIpc) is 2.73. The van der Waals surface area contributed by atoms with Crippen LogP contribution in [0.15, 0.2) is 66.0 Å². The van der Waals surface area contributed by atoms with Gasteiger partial charge in [-0.05, 0) is 54.6 Å². The van der Waals surface area contributed by atoms with Crippen LogP contribution in [0.1, 0.15) is 0 Å². The molecule has 0 aliphatic heterocycles. The number of aromatic nitrogens is 2. The predicted molar refractivity (Wildman–Crippen MR) is 106 cm³/mol.